The molecule has 0 fully saturated rings. The Bertz CT molecular complexity index is 409. The molecule has 0 bridgehead atoms. The van der Waals surface area contributed by atoms with Gasteiger partial charge in [-0.2, -0.15) is 0 Å². The molecular weight excluding hydrogens is 272 g/mol. The summed E-state index contributed by atoms with van der Waals surface area (Å²) in [6.07, 6.45) is 2.96. The first-order valence-corrected chi connectivity index (χ1v) is 6.29. The number of rotatable bonds is 3. The Balaban J connectivity index is 2.23. The third-order valence-corrected chi connectivity index (χ3v) is 2.89. The summed E-state index contributed by atoms with van der Waals surface area (Å²) in [5.41, 5.74) is 1.08. The summed E-state index contributed by atoms with van der Waals surface area (Å²) in [5.74, 6) is 1.64. The lowest BCUT2D eigenvalue weighted by molar-refractivity contribution is -0.118. The molecule has 0 aliphatic carbocycles. The molecule has 1 aromatic rings. The number of carbonyl (C=O) groups is 1. The molecule has 1 aliphatic heterocycles. The zero-order valence-corrected chi connectivity index (χ0v) is 10.7. The van der Waals surface area contributed by atoms with E-state index < -0.39 is 0 Å². The second kappa shape index (κ2) is 4.82. The van der Waals surface area contributed by atoms with E-state index in [0.29, 0.717) is 13.0 Å². The summed E-state index contributed by atoms with van der Waals surface area (Å²) in [5, 5.41) is 0.794. The van der Waals surface area contributed by atoms with Crippen molar-refractivity contribution in [3.05, 3.63) is 17.8 Å². The number of hydrogen-bond acceptors (Lipinski definition) is 3. The molecule has 0 saturated heterocycles. The summed E-state index contributed by atoms with van der Waals surface area (Å²) >= 11 is 3.30. The highest BCUT2D eigenvalue weighted by atomic mass is 79.9. The van der Waals surface area contributed by atoms with Crippen molar-refractivity contribution in [2.24, 2.45) is 0 Å². The van der Waals surface area contributed by atoms with Gasteiger partial charge in [-0.15, -0.1) is 0 Å². The summed E-state index contributed by atoms with van der Waals surface area (Å²) in [4.78, 5) is 17.3. The van der Waals surface area contributed by atoms with Gasteiger partial charge in [-0.1, -0.05) is 15.9 Å². The number of fused-ring (bicyclic) bond motifs is 1. The Morgan fingerprint density at radius 1 is 1.56 bits per heavy atom. The number of nitrogens with zero attached hydrogens (tertiary/aromatic N) is 2. The Labute approximate surface area is 103 Å². The molecule has 1 aliphatic rings. The maximum absolute atomic E-state index is 11.5. The van der Waals surface area contributed by atoms with Crippen LogP contribution in [0.5, 0.6) is 5.75 Å². The number of pyridine rings is 1. The van der Waals surface area contributed by atoms with E-state index in [-0.39, 0.29) is 5.91 Å². The zero-order valence-electron chi connectivity index (χ0n) is 9.07. The van der Waals surface area contributed by atoms with Crippen LogP contribution in [-0.2, 0) is 11.2 Å². The lowest BCUT2D eigenvalue weighted by Gasteiger charge is -2.24. The number of halogens is 1. The zero-order chi connectivity index (χ0) is 11.5. The lowest BCUT2D eigenvalue weighted by Crippen LogP contribution is -2.31. The molecule has 0 unspecified atom stereocenters. The van der Waals surface area contributed by atoms with Crippen LogP contribution in [-0.4, -0.2) is 29.9 Å². The number of aryl methyl sites for hydroxylation is 1. The molecule has 4 nitrogen and oxygen atoms in total. The number of anilines is 1. The summed E-state index contributed by atoms with van der Waals surface area (Å²) in [6, 6.07) is 1.97. The van der Waals surface area contributed by atoms with Gasteiger partial charge in [0.2, 0.25) is 5.91 Å². The highest BCUT2D eigenvalue weighted by Crippen LogP contribution is 2.27. The summed E-state index contributed by atoms with van der Waals surface area (Å²) < 4.78 is 5.47. The Kier molecular flexibility index (Phi) is 3.43. The van der Waals surface area contributed by atoms with Crippen LogP contribution in [0.25, 0.3) is 0 Å². The van der Waals surface area contributed by atoms with Gasteiger partial charge in [-0.3, -0.25) is 9.69 Å². The van der Waals surface area contributed by atoms with E-state index in [0.717, 1.165) is 28.9 Å². The van der Waals surface area contributed by atoms with Crippen LogP contribution in [0, 0.1) is 0 Å². The molecule has 0 N–H and O–H groups in total. The average Bonchev–Trinajstić information content (AvgIpc) is 2.31. The smallest absolute Gasteiger partial charge is 0.228 e. The molecule has 2 heterocycles. The molecule has 16 heavy (non-hydrogen) atoms. The predicted molar refractivity (Wildman–Crippen MR) is 65.3 cm³/mol. The molecule has 5 heteroatoms. The van der Waals surface area contributed by atoms with Crippen molar-refractivity contribution in [1.29, 1.82) is 0 Å². The minimum Gasteiger partial charge on any atom is -0.491 e. The first-order chi connectivity index (χ1) is 7.72. The summed E-state index contributed by atoms with van der Waals surface area (Å²) in [7, 11) is 1.76. The monoisotopic (exact) mass is 284 g/mol. The van der Waals surface area contributed by atoms with Gasteiger partial charge in [0.05, 0.1) is 12.8 Å². The Morgan fingerprint density at radius 3 is 3.12 bits per heavy atom. The molecule has 0 saturated carbocycles. The predicted octanol–water partition coefficient (Wildman–Crippen LogP) is 1.76. The number of aromatic nitrogens is 1. The lowest BCUT2D eigenvalue weighted by atomic mass is 10.1. The van der Waals surface area contributed by atoms with Crippen LogP contribution in [0.3, 0.4) is 0 Å². The largest absolute Gasteiger partial charge is 0.491 e. The van der Waals surface area contributed by atoms with Crippen LogP contribution < -0.4 is 9.64 Å². The van der Waals surface area contributed by atoms with Crippen LogP contribution in [0.2, 0.25) is 0 Å². The van der Waals surface area contributed by atoms with E-state index in [1.54, 1.807) is 18.1 Å². The van der Waals surface area contributed by atoms with Gasteiger partial charge in [-0.25, -0.2) is 4.98 Å². The van der Waals surface area contributed by atoms with Crippen molar-refractivity contribution in [2.75, 3.05) is 23.9 Å². The van der Waals surface area contributed by atoms with Crippen molar-refractivity contribution in [3.8, 4) is 5.75 Å². The van der Waals surface area contributed by atoms with Gasteiger partial charge in [0.15, 0.2) is 0 Å². The number of carbonyl (C=O) groups excluding carboxylic acids is 1. The molecule has 0 radical (unpaired) electrons. The van der Waals surface area contributed by atoms with Gasteiger partial charge in [0, 0.05) is 18.8 Å². The normalized spacial score (nSPS) is 14.9. The van der Waals surface area contributed by atoms with E-state index in [1.807, 2.05) is 6.07 Å². The van der Waals surface area contributed by atoms with E-state index in [1.165, 1.54) is 0 Å². The van der Waals surface area contributed by atoms with Crippen molar-refractivity contribution < 1.29 is 9.53 Å². The second-order valence-electron chi connectivity index (χ2n) is 3.64. The Morgan fingerprint density at radius 2 is 2.38 bits per heavy atom. The molecule has 86 valence electrons. The fourth-order valence-corrected chi connectivity index (χ4v) is 1.89. The highest BCUT2D eigenvalue weighted by molar-refractivity contribution is 9.09. The SMILES string of the molecule is CN1C(=O)CCc2cc(OCCBr)cnc21. The van der Waals surface area contributed by atoms with Crippen LogP contribution in [0.1, 0.15) is 12.0 Å². The van der Waals surface area contributed by atoms with Gasteiger partial charge in [0.25, 0.3) is 0 Å². The fourth-order valence-electron chi connectivity index (χ4n) is 1.73. The van der Waals surface area contributed by atoms with Crippen molar-refractivity contribution >= 4 is 27.7 Å². The topological polar surface area (TPSA) is 42.4 Å². The minimum atomic E-state index is 0.120. The number of hydrogen-bond donors (Lipinski definition) is 0. The van der Waals surface area contributed by atoms with Crippen molar-refractivity contribution in [3.63, 3.8) is 0 Å². The molecular formula is C11H13BrN2O2. The quantitative estimate of drug-likeness (QED) is 0.795. The maximum atomic E-state index is 11.5. The maximum Gasteiger partial charge on any atom is 0.228 e. The van der Waals surface area contributed by atoms with Crippen LogP contribution >= 0.6 is 15.9 Å². The second-order valence-corrected chi connectivity index (χ2v) is 4.44. The van der Waals surface area contributed by atoms with Gasteiger partial charge >= 0.3 is 0 Å². The Hall–Kier alpha value is -1.10. The first kappa shape index (κ1) is 11.4. The average molecular weight is 285 g/mol. The number of alkyl halides is 1. The summed E-state index contributed by atoms with van der Waals surface area (Å²) in [6.45, 7) is 0.620. The standard InChI is InChI=1S/C11H13BrN2O2/c1-14-10(15)3-2-8-6-9(16-5-4-12)7-13-11(8)14/h6-7H,2-5H2,1H3. The third-order valence-electron chi connectivity index (χ3n) is 2.56. The first-order valence-electron chi connectivity index (χ1n) is 5.16. The van der Waals surface area contributed by atoms with Crippen LogP contribution in [0.4, 0.5) is 5.82 Å². The molecule has 2 rings (SSSR count). The van der Waals surface area contributed by atoms with Gasteiger partial charge in [0.1, 0.15) is 11.6 Å². The highest BCUT2D eigenvalue weighted by Gasteiger charge is 2.22. The van der Waals surface area contributed by atoms with Crippen LogP contribution in [0.15, 0.2) is 12.3 Å². The van der Waals surface area contributed by atoms with E-state index in [4.69, 9.17) is 4.74 Å². The minimum absolute atomic E-state index is 0.120. The van der Waals surface area contributed by atoms with E-state index in [9.17, 15) is 4.79 Å². The van der Waals surface area contributed by atoms with Gasteiger partial charge < -0.3 is 4.74 Å². The molecule has 0 aromatic carbocycles. The fraction of sp³-hybridized carbons (Fsp3) is 0.455. The van der Waals surface area contributed by atoms with Gasteiger partial charge in [-0.05, 0) is 18.1 Å². The molecule has 1 aromatic heterocycles. The molecule has 1 amide bonds. The van der Waals surface area contributed by atoms with E-state index in [2.05, 4.69) is 20.9 Å². The molecule has 0 atom stereocenters. The number of amides is 1. The van der Waals surface area contributed by atoms with E-state index >= 15 is 0 Å². The molecule has 0 spiro atoms. The number of ether oxygens (including phenoxy) is 1. The van der Waals surface area contributed by atoms with Crippen molar-refractivity contribution in [1.82, 2.24) is 4.98 Å². The third kappa shape index (κ3) is 2.19. The van der Waals surface area contributed by atoms with Crippen molar-refractivity contribution in [2.45, 2.75) is 12.8 Å².